The second-order valence-corrected chi connectivity index (χ2v) is 6.53. The molecule has 0 bridgehead atoms. The lowest BCUT2D eigenvalue weighted by molar-refractivity contribution is -0.110. The fourth-order valence-electron chi connectivity index (χ4n) is 3.14. The molecule has 0 fully saturated rings. The predicted molar refractivity (Wildman–Crippen MR) is 92.9 cm³/mol. The molecule has 0 atom stereocenters. The zero-order chi connectivity index (χ0) is 15.1. The first-order chi connectivity index (χ1) is 10.7. The Morgan fingerprint density at radius 2 is 2.05 bits per heavy atom. The van der Waals surface area contributed by atoms with Crippen molar-refractivity contribution in [1.82, 2.24) is 0 Å². The van der Waals surface area contributed by atoms with Crippen molar-refractivity contribution in [2.24, 2.45) is 0 Å². The van der Waals surface area contributed by atoms with E-state index in [9.17, 15) is 4.79 Å². The Bertz CT molecular complexity index is 797. The van der Waals surface area contributed by atoms with E-state index < -0.39 is 0 Å². The normalized spacial score (nSPS) is 18.1. The largest absolute Gasteiger partial charge is 0.347 e. The van der Waals surface area contributed by atoms with Crippen molar-refractivity contribution in [1.29, 1.82) is 0 Å². The lowest BCUT2D eigenvalue weighted by Gasteiger charge is -2.28. The van der Waals surface area contributed by atoms with E-state index in [0.29, 0.717) is 0 Å². The van der Waals surface area contributed by atoms with Crippen LogP contribution in [0.15, 0.2) is 53.1 Å². The van der Waals surface area contributed by atoms with Crippen LogP contribution in [0.1, 0.15) is 17.5 Å². The van der Waals surface area contributed by atoms with Crippen molar-refractivity contribution in [3.05, 3.63) is 64.3 Å². The second-order valence-electron chi connectivity index (χ2n) is 5.61. The zero-order valence-corrected chi connectivity index (χ0v) is 13.6. The summed E-state index contributed by atoms with van der Waals surface area (Å²) in [5.41, 5.74) is 5.12. The molecule has 0 saturated heterocycles. The second kappa shape index (κ2) is 5.29. The molecule has 2 aromatic rings. The lowest BCUT2D eigenvalue weighted by Crippen LogP contribution is -2.24. The van der Waals surface area contributed by atoms with Crippen LogP contribution in [0.25, 0.3) is 5.57 Å². The number of hydrogen-bond acceptors (Lipinski definition) is 2. The van der Waals surface area contributed by atoms with Crippen LogP contribution in [-0.4, -0.2) is 12.5 Å². The van der Waals surface area contributed by atoms with E-state index in [2.05, 4.69) is 50.4 Å². The summed E-state index contributed by atoms with van der Waals surface area (Å²) in [6.07, 6.45) is 4.20. The lowest BCUT2D eigenvalue weighted by atomic mass is 10.0. The van der Waals surface area contributed by atoms with Crippen molar-refractivity contribution < 1.29 is 4.79 Å². The number of anilines is 2. The summed E-state index contributed by atoms with van der Waals surface area (Å²) in [6.45, 7) is 0.942. The van der Waals surface area contributed by atoms with Crippen molar-refractivity contribution in [2.75, 3.05) is 16.8 Å². The number of amides is 1. The van der Waals surface area contributed by atoms with E-state index in [-0.39, 0.29) is 5.91 Å². The highest BCUT2D eigenvalue weighted by atomic mass is 79.9. The van der Waals surface area contributed by atoms with Gasteiger partial charge in [0.15, 0.2) is 0 Å². The fourth-order valence-corrected chi connectivity index (χ4v) is 3.50. The average Bonchev–Trinajstić information content (AvgIpc) is 2.83. The molecule has 0 unspecified atom stereocenters. The van der Waals surface area contributed by atoms with Gasteiger partial charge >= 0.3 is 0 Å². The van der Waals surface area contributed by atoms with Gasteiger partial charge in [0.1, 0.15) is 0 Å². The number of halogens is 1. The Morgan fingerprint density at radius 1 is 1.18 bits per heavy atom. The topological polar surface area (TPSA) is 32.3 Å². The van der Waals surface area contributed by atoms with Gasteiger partial charge in [0.05, 0.1) is 5.57 Å². The van der Waals surface area contributed by atoms with Crippen LogP contribution < -0.4 is 10.2 Å². The van der Waals surface area contributed by atoms with Crippen molar-refractivity contribution in [2.45, 2.75) is 12.8 Å². The summed E-state index contributed by atoms with van der Waals surface area (Å²) >= 11 is 3.48. The van der Waals surface area contributed by atoms with E-state index in [1.54, 1.807) is 0 Å². The molecular formula is C18H15BrN2O. The molecule has 0 aliphatic carbocycles. The first kappa shape index (κ1) is 13.6. The number of carbonyl (C=O) groups is 1. The Labute approximate surface area is 137 Å². The number of nitrogens with zero attached hydrogens (tertiary/aromatic N) is 1. The molecule has 2 aliphatic rings. The van der Waals surface area contributed by atoms with Gasteiger partial charge in [0.2, 0.25) is 0 Å². The van der Waals surface area contributed by atoms with Gasteiger partial charge < -0.3 is 10.2 Å². The Kier molecular flexibility index (Phi) is 3.26. The van der Waals surface area contributed by atoms with Crippen LogP contribution in [0.5, 0.6) is 0 Å². The molecule has 2 aromatic carbocycles. The van der Waals surface area contributed by atoms with Gasteiger partial charge in [-0.1, -0.05) is 34.1 Å². The third kappa shape index (κ3) is 2.24. The number of fused-ring (bicyclic) bond motifs is 2. The van der Waals surface area contributed by atoms with E-state index in [0.717, 1.165) is 40.7 Å². The van der Waals surface area contributed by atoms with Gasteiger partial charge in [-0.25, -0.2) is 0 Å². The molecule has 0 saturated carbocycles. The van der Waals surface area contributed by atoms with Gasteiger partial charge in [0.25, 0.3) is 5.91 Å². The number of carbonyl (C=O) groups excluding carboxylic acids is 1. The molecule has 4 heteroatoms. The van der Waals surface area contributed by atoms with Gasteiger partial charge in [-0.15, -0.1) is 0 Å². The van der Waals surface area contributed by atoms with Gasteiger partial charge in [0, 0.05) is 34.2 Å². The van der Waals surface area contributed by atoms with Crippen molar-refractivity contribution in [3.8, 4) is 0 Å². The molecule has 110 valence electrons. The van der Waals surface area contributed by atoms with Crippen LogP contribution in [0.3, 0.4) is 0 Å². The van der Waals surface area contributed by atoms with E-state index >= 15 is 0 Å². The number of aryl methyl sites for hydroxylation is 1. The fraction of sp³-hybridized carbons (Fsp3) is 0.167. The maximum atomic E-state index is 12.3. The molecule has 0 aromatic heterocycles. The monoisotopic (exact) mass is 354 g/mol. The summed E-state index contributed by atoms with van der Waals surface area (Å²) in [7, 11) is 0. The number of hydrogen-bond donors (Lipinski definition) is 1. The minimum atomic E-state index is -0.0313. The molecule has 0 radical (unpaired) electrons. The number of para-hydroxylation sites is 1. The Morgan fingerprint density at radius 3 is 2.95 bits per heavy atom. The minimum Gasteiger partial charge on any atom is -0.347 e. The van der Waals surface area contributed by atoms with Crippen LogP contribution >= 0.6 is 15.9 Å². The third-order valence-electron chi connectivity index (χ3n) is 4.20. The molecule has 0 spiro atoms. The standard InChI is InChI=1S/C18H15BrN2O/c19-13-7-8-16-14(10-13)15(18(22)20-16)11-21-9-3-5-12-4-1-2-6-17(12)21/h1-2,4,6-8,10-11H,3,5,9H2,(H,20,22)/b15-11-. The Hall–Kier alpha value is -2.07. The van der Waals surface area contributed by atoms with Gasteiger partial charge in [-0.2, -0.15) is 0 Å². The van der Waals surface area contributed by atoms with Crippen molar-refractivity contribution in [3.63, 3.8) is 0 Å². The highest BCUT2D eigenvalue weighted by Gasteiger charge is 2.26. The summed E-state index contributed by atoms with van der Waals surface area (Å²) in [5.74, 6) is -0.0313. The molecule has 4 rings (SSSR count). The molecule has 2 heterocycles. The van der Waals surface area contributed by atoms with Crippen molar-refractivity contribution >= 4 is 38.8 Å². The molecular weight excluding hydrogens is 340 g/mol. The Balaban J connectivity index is 1.79. The highest BCUT2D eigenvalue weighted by molar-refractivity contribution is 9.10. The first-order valence-electron chi connectivity index (χ1n) is 7.40. The predicted octanol–water partition coefficient (Wildman–Crippen LogP) is 4.19. The molecule has 1 N–H and O–H groups in total. The maximum Gasteiger partial charge on any atom is 0.257 e. The minimum absolute atomic E-state index is 0.0313. The SMILES string of the molecule is O=C1Nc2ccc(Br)cc2/C1=C/N1CCCc2ccccc21. The van der Waals surface area contributed by atoms with Crippen LogP contribution in [0.2, 0.25) is 0 Å². The number of benzene rings is 2. The average molecular weight is 355 g/mol. The third-order valence-corrected chi connectivity index (χ3v) is 4.69. The summed E-state index contributed by atoms with van der Waals surface area (Å²) in [4.78, 5) is 14.5. The van der Waals surface area contributed by atoms with E-state index in [1.807, 2.05) is 24.4 Å². The summed E-state index contributed by atoms with van der Waals surface area (Å²) < 4.78 is 0.979. The number of rotatable bonds is 1. The maximum absolute atomic E-state index is 12.3. The van der Waals surface area contributed by atoms with Gasteiger partial charge in [-0.3, -0.25) is 4.79 Å². The van der Waals surface area contributed by atoms with E-state index in [4.69, 9.17) is 0 Å². The molecule has 3 nitrogen and oxygen atoms in total. The van der Waals surface area contributed by atoms with E-state index in [1.165, 1.54) is 11.3 Å². The quantitative estimate of drug-likeness (QED) is 0.778. The summed E-state index contributed by atoms with van der Waals surface area (Å²) in [5, 5.41) is 2.93. The summed E-state index contributed by atoms with van der Waals surface area (Å²) in [6, 6.07) is 14.3. The molecule has 2 aliphatic heterocycles. The molecule has 1 amide bonds. The first-order valence-corrected chi connectivity index (χ1v) is 8.19. The highest BCUT2D eigenvalue weighted by Crippen LogP contribution is 2.36. The van der Waals surface area contributed by atoms with Crippen LogP contribution in [0.4, 0.5) is 11.4 Å². The van der Waals surface area contributed by atoms with Gasteiger partial charge in [-0.05, 0) is 42.7 Å². The zero-order valence-electron chi connectivity index (χ0n) is 12.0. The smallest absolute Gasteiger partial charge is 0.257 e. The van der Waals surface area contributed by atoms with Crippen LogP contribution in [-0.2, 0) is 11.2 Å². The van der Waals surface area contributed by atoms with Crippen LogP contribution in [0, 0.1) is 0 Å². The molecule has 22 heavy (non-hydrogen) atoms. The number of nitrogens with one attached hydrogen (secondary N) is 1.